The maximum Gasteiger partial charge on any atom is -0.0233 e. The van der Waals surface area contributed by atoms with Gasteiger partial charge in [0.25, 0.3) is 0 Å². The zero-order valence-electron chi connectivity index (χ0n) is 16.8. The van der Waals surface area contributed by atoms with Crippen molar-refractivity contribution in [3.63, 3.8) is 0 Å². The Labute approximate surface area is 165 Å². The van der Waals surface area contributed by atoms with Crippen molar-refractivity contribution in [2.75, 3.05) is 0 Å². The van der Waals surface area contributed by atoms with Crippen molar-refractivity contribution in [1.82, 2.24) is 0 Å². The third-order valence-corrected chi connectivity index (χ3v) is 4.00. The van der Waals surface area contributed by atoms with Crippen molar-refractivity contribution < 1.29 is 0 Å². The Balaban J connectivity index is 0.000000202. The van der Waals surface area contributed by atoms with E-state index in [0.29, 0.717) is 0 Å². The van der Waals surface area contributed by atoms with Crippen LogP contribution < -0.4 is 0 Å². The van der Waals surface area contributed by atoms with Gasteiger partial charge in [-0.3, -0.25) is 0 Å². The van der Waals surface area contributed by atoms with Crippen molar-refractivity contribution in [3.05, 3.63) is 126 Å². The number of hydrogen-bond donors (Lipinski definition) is 0. The number of aryl methyl sites for hydroxylation is 3. The fraction of sp³-hybridized carbons (Fsp3) is 0.111. The molecule has 3 rings (SSSR count). The van der Waals surface area contributed by atoms with E-state index in [4.69, 9.17) is 0 Å². The van der Waals surface area contributed by atoms with E-state index in [0.717, 1.165) is 0 Å². The third-order valence-electron chi connectivity index (χ3n) is 4.00. The molecule has 0 spiro atoms. The van der Waals surface area contributed by atoms with Crippen LogP contribution in [0.15, 0.2) is 92.5 Å². The summed E-state index contributed by atoms with van der Waals surface area (Å²) in [6, 6.07) is 24.7. The van der Waals surface area contributed by atoms with Crippen LogP contribution >= 0.6 is 0 Å². The van der Waals surface area contributed by atoms with E-state index < -0.39 is 0 Å². The van der Waals surface area contributed by atoms with Crippen LogP contribution in [0.1, 0.15) is 33.4 Å². The lowest BCUT2D eigenvalue weighted by Gasteiger charge is -1.95. The Morgan fingerprint density at radius 3 is 1.63 bits per heavy atom. The highest BCUT2D eigenvalue weighted by atomic mass is 13.9. The van der Waals surface area contributed by atoms with Gasteiger partial charge in [0.15, 0.2) is 0 Å². The normalized spacial score (nSPS) is 9.00. The van der Waals surface area contributed by atoms with Gasteiger partial charge in [-0.2, -0.15) is 0 Å². The van der Waals surface area contributed by atoms with Gasteiger partial charge in [-0.15, -0.1) is 0 Å². The molecular weight excluding hydrogens is 324 g/mol. The molecule has 0 aliphatic carbocycles. The lowest BCUT2D eigenvalue weighted by Crippen LogP contribution is -1.75. The second kappa shape index (κ2) is 12.3. The molecule has 3 aromatic carbocycles. The molecule has 0 aliphatic heterocycles. The average molecular weight is 355 g/mol. The van der Waals surface area contributed by atoms with Gasteiger partial charge >= 0.3 is 0 Å². The van der Waals surface area contributed by atoms with Crippen molar-refractivity contribution in [2.24, 2.45) is 0 Å². The highest BCUT2D eigenvalue weighted by Crippen LogP contribution is 2.07. The Hall–Kier alpha value is -3.12. The second-order valence-electron chi connectivity index (χ2n) is 6.29. The number of rotatable bonds is 3. The lowest BCUT2D eigenvalue weighted by molar-refractivity contribution is 1.45. The number of hydrogen-bond acceptors (Lipinski definition) is 0. The summed E-state index contributed by atoms with van der Waals surface area (Å²) in [6.07, 6.45) is 5.57. The molecule has 0 aromatic heterocycles. The van der Waals surface area contributed by atoms with Crippen LogP contribution in [0.5, 0.6) is 0 Å². The molecule has 0 unspecified atom stereocenters. The first-order valence-corrected chi connectivity index (χ1v) is 9.06. The molecule has 3 aromatic rings. The molecule has 0 radical (unpaired) electrons. The standard InChI is InChI=1S/3C9H10/c1-3-9-6-4-8(2)5-7-9;1-3-9-6-4-5-8(2)7-9;1-3-9-7-5-4-6-8(9)2/h3*3-7H,1H2,2H3. The van der Waals surface area contributed by atoms with Crippen molar-refractivity contribution in [3.8, 4) is 0 Å². The first kappa shape index (κ1) is 21.9. The van der Waals surface area contributed by atoms with Crippen LogP contribution in [-0.2, 0) is 0 Å². The van der Waals surface area contributed by atoms with Gasteiger partial charge in [-0.1, -0.05) is 122 Å². The first-order chi connectivity index (χ1) is 13.0. The summed E-state index contributed by atoms with van der Waals surface area (Å²) in [4.78, 5) is 0. The first-order valence-electron chi connectivity index (χ1n) is 9.06. The van der Waals surface area contributed by atoms with E-state index in [1.54, 1.807) is 0 Å². The van der Waals surface area contributed by atoms with Gasteiger partial charge in [0.2, 0.25) is 0 Å². The van der Waals surface area contributed by atoms with E-state index in [1.165, 1.54) is 33.4 Å². The SMILES string of the molecule is C=Cc1ccc(C)cc1.C=Cc1cccc(C)c1.C=Cc1ccccc1C. The van der Waals surface area contributed by atoms with Crippen LogP contribution in [0.2, 0.25) is 0 Å². The fourth-order valence-electron chi connectivity index (χ4n) is 2.32. The summed E-state index contributed by atoms with van der Waals surface area (Å²) in [5.41, 5.74) is 7.45. The molecule has 0 saturated carbocycles. The van der Waals surface area contributed by atoms with E-state index >= 15 is 0 Å². The zero-order chi connectivity index (χ0) is 20.1. The maximum absolute atomic E-state index is 3.69. The molecule has 0 N–H and O–H groups in total. The summed E-state index contributed by atoms with van der Waals surface area (Å²) in [7, 11) is 0. The molecule has 0 nitrogen and oxygen atoms in total. The summed E-state index contributed by atoms with van der Waals surface area (Å²) in [5.74, 6) is 0. The molecule has 0 heterocycles. The topological polar surface area (TPSA) is 0 Å². The quantitative estimate of drug-likeness (QED) is 0.448. The zero-order valence-corrected chi connectivity index (χ0v) is 16.8. The molecule has 0 heteroatoms. The second-order valence-corrected chi connectivity index (χ2v) is 6.29. The number of benzene rings is 3. The molecule has 138 valence electrons. The minimum atomic E-state index is 1.18. The van der Waals surface area contributed by atoms with Crippen LogP contribution in [0.4, 0.5) is 0 Å². The van der Waals surface area contributed by atoms with E-state index in [9.17, 15) is 0 Å². The largest absolute Gasteiger partial charge is 0.0985 e. The average Bonchev–Trinajstić information content (AvgIpc) is 2.70. The van der Waals surface area contributed by atoms with Gasteiger partial charge < -0.3 is 0 Å². The fourth-order valence-corrected chi connectivity index (χ4v) is 2.32. The predicted molar refractivity (Wildman–Crippen MR) is 124 cm³/mol. The summed E-state index contributed by atoms with van der Waals surface area (Å²) < 4.78 is 0. The maximum atomic E-state index is 3.69. The Morgan fingerprint density at radius 1 is 0.556 bits per heavy atom. The van der Waals surface area contributed by atoms with Crippen LogP contribution in [0.25, 0.3) is 18.2 Å². The Kier molecular flexibility index (Phi) is 9.96. The summed E-state index contributed by atoms with van der Waals surface area (Å²) in [6.45, 7) is 17.3. The van der Waals surface area contributed by atoms with Gasteiger partial charge in [-0.25, -0.2) is 0 Å². The van der Waals surface area contributed by atoms with Crippen LogP contribution in [-0.4, -0.2) is 0 Å². The molecule has 0 amide bonds. The van der Waals surface area contributed by atoms with E-state index in [-0.39, 0.29) is 0 Å². The van der Waals surface area contributed by atoms with Gasteiger partial charge in [0.05, 0.1) is 0 Å². The predicted octanol–water partition coefficient (Wildman–Crippen LogP) is 7.91. The van der Waals surface area contributed by atoms with Crippen molar-refractivity contribution >= 4 is 18.2 Å². The Morgan fingerprint density at radius 2 is 1.19 bits per heavy atom. The molecule has 0 bridgehead atoms. The molecule has 0 aliphatic rings. The summed E-state index contributed by atoms with van der Waals surface area (Å²) >= 11 is 0. The van der Waals surface area contributed by atoms with Gasteiger partial charge in [-0.05, 0) is 43.0 Å². The van der Waals surface area contributed by atoms with Crippen LogP contribution in [0, 0.1) is 20.8 Å². The molecule has 0 fully saturated rings. The molecule has 27 heavy (non-hydrogen) atoms. The van der Waals surface area contributed by atoms with Gasteiger partial charge in [0.1, 0.15) is 0 Å². The lowest BCUT2D eigenvalue weighted by atomic mass is 10.1. The van der Waals surface area contributed by atoms with E-state index in [2.05, 4.69) is 89.0 Å². The highest BCUT2D eigenvalue weighted by molar-refractivity contribution is 5.51. The molecule has 0 atom stereocenters. The van der Waals surface area contributed by atoms with Crippen molar-refractivity contribution in [1.29, 1.82) is 0 Å². The summed E-state index contributed by atoms with van der Waals surface area (Å²) in [5, 5.41) is 0. The third kappa shape index (κ3) is 8.69. The van der Waals surface area contributed by atoms with Crippen LogP contribution in [0.3, 0.4) is 0 Å². The molecule has 0 saturated heterocycles. The minimum Gasteiger partial charge on any atom is -0.0985 e. The van der Waals surface area contributed by atoms with E-state index in [1.807, 2.05) is 42.5 Å². The monoisotopic (exact) mass is 354 g/mol. The minimum absolute atomic E-state index is 1.18. The van der Waals surface area contributed by atoms with Crippen molar-refractivity contribution in [2.45, 2.75) is 20.8 Å². The smallest absolute Gasteiger partial charge is 0.0233 e. The highest BCUT2D eigenvalue weighted by Gasteiger charge is 1.87. The van der Waals surface area contributed by atoms with Gasteiger partial charge in [0, 0.05) is 0 Å². The molecular formula is C27H30. The Bertz CT molecular complexity index is 851.